The van der Waals surface area contributed by atoms with E-state index in [0.29, 0.717) is 0 Å². The first-order valence-electron chi connectivity index (χ1n) is 21.2. The van der Waals surface area contributed by atoms with Gasteiger partial charge in [0.05, 0.1) is 16.6 Å². The van der Waals surface area contributed by atoms with Crippen LogP contribution in [0.1, 0.15) is 74.9 Å². The number of nitrogens with zero attached hydrogens (tertiary/aromatic N) is 3. The number of fused-ring (bicyclic) bond motifs is 3. The average molecular weight is 778 g/mol. The zero-order valence-electron chi connectivity index (χ0n) is 35.4. The molecule has 0 atom stereocenters. The van der Waals surface area contributed by atoms with Crippen molar-refractivity contribution < 1.29 is 0 Å². The van der Waals surface area contributed by atoms with Crippen molar-refractivity contribution in [3.8, 4) is 17.1 Å². The summed E-state index contributed by atoms with van der Waals surface area (Å²) >= 11 is 0. The fraction of sp³-hybridized carbons (Fsp3) is 0.158. The maximum atomic E-state index is 2.42. The number of rotatable bonds is 9. The predicted octanol–water partition coefficient (Wildman–Crippen LogP) is 14.5. The van der Waals surface area contributed by atoms with Crippen LogP contribution in [-0.2, 0) is 16.2 Å². The van der Waals surface area contributed by atoms with Gasteiger partial charge in [-0.25, -0.2) is 0 Å². The van der Waals surface area contributed by atoms with Crippen LogP contribution in [0.25, 0.3) is 49.8 Å². The Morgan fingerprint density at radius 1 is 0.283 bits per heavy atom. The third kappa shape index (κ3) is 6.03. The van der Waals surface area contributed by atoms with Crippen molar-refractivity contribution in [1.29, 1.82) is 0 Å². The van der Waals surface area contributed by atoms with Crippen LogP contribution in [0.4, 0.5) is 0 Å². The summed E-state index contributed by atoms with van der Waals surface area (Å²) in [5, 5.41) is 3.78. The first-order chi connectivity index (χ1) is 29.0. The van der Waals surface area contributed by atoms with Crippen LogP contribution in [0, 0.1) is 0 Å². The van der Waals surface area contributed by atoms with E-state index in [1.54, 1.807) is 0 Å². The highest BCUT2D eigenvalue weighted by atomic mass is 15.0. The Bertz CT molecular complexity index is 2800. The van der Waals surface area contributed by atoms with Gasteiger partial charge in [-0.2, -0.15) is 0 Å². The number of hydrogen-bond donors (Lipinski definition) is 0. The summed E-state index contributed by atoms with van der Waals surface area (Å²) in [7, 11) is 0. The molecule has 0 saturated heterocycles. The van der Waals surface area contributed by atoms with E-state index in [1.807, 2.05) is 0 Å². The summed E-state index contributed by atoms with van der Waals surface area (Å²) in [6.45, 7) is 14.1. The SMILES string of the molecule is CC(C)(c1ccccc1)c1cn(-c2cc(-n3cc(C(C)(C)c4ccccc4)c4ccccc43)cc(-n3cc(C(C)(C)c4ccccc4)c4ccccc43)c2)c2ccccc12. The fourth-order valence-electron chi connectivity index (χ4n) is 9.70. The number of para-hydroxylation sites is 3. The molecule has 0 aliphatic rings. The van der Waals surface area contributed by atoms with E-state index in [0.717, 1.165) is 17.1 Å². The van der Waals surface area contributed by atoms with E-state index in [-0.39, 0.29) is 16.2 Å². The summed E-state index contributed by atoms with van der Waals surface area (Å²) in [6, 6.07) is 66.5. The molecule has 0 N–H and O–H groups in total. The van der Waals surface area contributed by atoms with Gasteiger partial charge in [-0.1, -0.05) is 187 Å². The van der Waals surface area contributed by atoms with Gasteiger partial charge in [0.2, 0.25) is 0 Å². The third-order valence-corrected chi connectivity index (χ3v) is 13.4. The molecule has 0 saturated carbocycles. The molecule has 294 valence electrons. The maximum Gasteiger partial charge on any atom is 0.0531 e. The smallest absolute Gasteiger partial charge is 0.0531 e. The molecule has 0 amide bonds. The maximum absolute atomic E-state index is 2.42. The van der Waals surface area contributed by atoms with Gasteiger partial charge in [-0.05, 0) is 69.8 Å². The van der Waals surface area contributed by atoms with Gasteiger partial charge < -0.3 is 13.7 Å². The van der Waals surface area contributed by atoms with Crippen LogP contribution in [-0.4, -0.2) is 13.7 Å². The molecule has 0 aliphatic heterocycles. The zero-order valence-corrected chi connectivity index (χ0v) is 35.4. The van der Waals surface area contributed by atoms with Gasteiger partial charge in [0.15, 0.2) is 0 Å². The second-order valence-electron chi connectivity index (χ2n) is 18.0. The Labute approximate surface area is 353 Å². The lowest BCUT2D eigenvalue weighted by Gasteiger charge is -2.25. The Morgan fingerprint density at radius 3 is 0.783 bits per heavy atom. The molecule has 0 fully saturated rings. The van der Waals surface area contributed by atoms with Crippen LogP contribution < -0.4 is 0 Å². The van der Waals surface area contributed by atoms with Crippen LogP contribution in [0.3, 0.4) is 0 Å². The first-order valence-corrected chi connectivity index (χ1v) is 21.2. The summed E-state index contributed by atoms with van der Waals surface area (Å²) in [4.78, 5) is 0. The summed E-state index contributed by atoms with van der Waals surface area (Å²) in [5.74, 6) is 0. The molecule has 0 aliphatic carbocycles. The zero-order chi connectivity index (χ0) is 41.2. The lowest BCUT2D eigenvalue weighted by atomic mass is 9.78. The van der Waals surface area contributed by atoms with Crippen molar-refractivity contribution in [3.63, 3.8) is 0 Å². The van der Waals surface area contributed by atoms with Gasteiger partial charge >= 0.3 is 0 Å². The molecule has 0 spiro atoms. The van der Waals surface area contributed by atoms with E-state index < -0.39 is 0 Å². The number of aromatic nitrogens is 3. The molecule has 3 nitrogen and oxygen atoms in total. The predicted molar refractivity (Wildman–Crippen MR) is 253 cm³/mol. The fourth-order valence-corrected chi connectivity index (χ4v) is 9.70. The van der Waals surface area contributed by atoms with Gasteiger partial charge in [0.25, 0.3) is 0 Å². The molecule has 10 aromatic rings. The van der Waals surface area contributed by atoms with E-state index in [2.05, 4.69) is 256 Å². The molecule has 0 radical (unpaired) electrons. The lowest BCUT2D eigenvalue weighted by molar-refractivity contribution is 0.645. The number of hydrogen-bond acceptors (Lipinski definition) is 0. The van der Waals surface area contributed by atoms with Gasteiger partial charge in [0.1, 0.15) is 0 Å². The highest BCUT2D eigenvalue weighted by Gasteiger charge is 2.31. The molecule has 0 bridgehead atoms. The van der Waals surface area contributed by atoms with Crippen LogP contribution in [0.2, 0.25) is 0 Å². The van der Waals surface area contributed by atoms with Crippen LogP contribution in [0.15, 0.2) is 201 Å². The quantitative estimate of drug-likeness (QED) is 0.139. The second-order valence-corrected chi connectivity index (χ2v) is 18.0. The van der Waals surface area contributed by atoms with E-state index in [9.17, 15) is 0 Å². The van der Waals surface area contributed by atoms with Crippen molar-refractivity contribution in [2.45, 2.75) is 57.8 Å². The highest BCUT2D eigenvalue weighted by Crippen LogP contribution is 2.43. The van der Waals surface area contributed by atoms with Crippen LogP contribution >= 0.6 is 0 Å². The average Bonchev–Trinajstić information content (AvgIpc) is 4.01. The summed E-state index contributed by atoms with van der Waals surface area (Å²) < 4.78 is 7.26. The van der Waals surface area contributed by atoms with Crippen molar-refractivity contribution in [2.75, 3.05) is 0 Å². The van der Waals surface area contributed by atoms with Gasteiger partial charge in [0, 0.05) is 68.1 Å². The van der Waals surface area contributed by atoms with E-state index >= 15 is 0 Å². The molecule has 7 aromatic carbocycles. The molecule has 3 heteroatoms. The molecule has 10 rings (SSSR count). The Morgan fingerprint density at radius 2 is 0.517 bits per heavy atom. The van der Waals surface area contributed by atoms with Crippen molar-refractivity contribution in [2.24, 2.45) is 0 Å². The monoisotopic (exact) mass is 777 g/mol. The molecule has 3 aromatic heterocycles. The summed E-state index contributed by atoms with van der Waals surface area (Å²) in [6.07, 6.45) is 7.15. The van der Waals surface area contributed by atoms with E-state index in [4.69, 9.17) is 0 Å². The minimum absolute atomic E-state index is 0.227. The Hall–Kier alpha value is -6.84. The summed E-state index contributed by atoms with van der Waals surface area (Å²) in [5.41, 5.74) is 14.0. The van der Waals surface area contributed by atoms with Gasteiger partial charge in [-0.3, -0.25) is 0 Å². The Balaban J connectivity index is 1.25. The third-order valence-electron chi connectivity index (χ3n) is 13.4. The second kappa shape index (κ2) is 14.2. The number of benzene rings is 7. The largest absolute Gasteiger partial charge is 0.316 e. The van der Waals surface area contributed by atoms with E-state index in [1.165, 1.54) is 66.1 Å². The Kier molecular flexibility index (Phi) is 8.84. The lowest BCUT2D eigenvalue weighted by Crippen LogP contribution is -2.18. The molecule has 0 unspecified atom stereocenters. The molecule has 60 heavy (non-hydrogen) atoms. The van der Waals surface area contributed by atoms with Gasteiger partial charge in [-0.15, -0.1) is 0 Å². The first kappa shape index (κ1) is 37.4. The normalized spacial score (nSPS) is 12.5. The van der Waals surface area contributed by atoms with Crippen LogP contribution in [0.5, 0.6) is 0 Å². The highest BCUT2D eigenvalue weighted by molar-refractivity contribution is 5.91. The minimum atomic E-state index is -0.227. The minimum Gasteiger partial charge on any atom is -0.316 e. The van der Waals surface area contributed by atoms with Crippen molar-refractivity contribution in [1.82, 2.24) is 13.7 Å². The van der Waals surface area contributed by atoms with Crippen molar-refractivity contribution >= 4 is 32.7 Å². The topological polar surface area (TPSA) is 14.8 Å². The molecule has 3 heterocycles. The molecular formula is C57H51N3. The standard InChI is InChI=1S/C57H51N3/c1-55(2,40-22-10-7-11-23-40)49-37-58(52-31-19-16-28-46(49)52)43-34-44(59-38-50(47-29-17-20-32-53(47)59)56(3,4)41-24-12-8-13-25-41)36-45(35-43)60-39-51(48-30-18-21-33-54(48)60)57(5,6)42-26-14-9-15-27-42/h7-39H,1-6H3. The van der Waals surface area contributed by atoms with Crippen molar-refractivity contribution in [3.05, 3.63) is 234 Å². The molecular weight excluding hydrogens is 727 g/mol.